The lowest BCUT2D eigenvalue weighted by atomic mass is 10.2. The quantitative estimate of drug-likeness (QED) is 0.517. The first-order chi connectivity index (χ1) is 13.6. The number of sulfonamides is 1. The molecule has 0 saturated carbocycles. The Labute approximate surface area is 162 Å². The van der Waals surface area contributed by atoms with Crippen molar-refractivity contribution in [2.45, 2.75) is 11.0 Å². The molecule has 0 fully saturated rings. The van der Waals surface area contributed by atoms with Crippen LogP contribution in [0.1, 0.15) is 11.9 Å². The number of aromatic nitrogens is 2. The fourth-order valence-electron chi connectivity index (χ4n) is 2.93. The number of hydrogen-bond donors (Lipinski definition) is 1. The third kappa shape index (κ3) is 3.70. The van der Waals surface area contributed by atoms with Gasteiger partial charge in [-0.3, -0.25) is 0 Å². The Balaban J connectivity index is 1.49. The Morgan fingerprint density at radius 1 is 1.14 bits per heavy atom. The van der Waals surface area contributed by atoms with Gasteiger partial charge in [0.1, 0.15) is 17.4 Å². The zero-order valence-electron chi connectivity index (χ0n) is 15.1. The van der Waals surface area contributed by atoms with Crippen molar-refractivity contribution in [3.05, 3.63) is 78.8 Å². The van der Waals surface area contributed by atoms with Gasteiger partial charge in [-0.2, -0.15) is 5.10 Å². The molecule has 7 nitrogen and oxygen atoms in total. The minimum Gasteiger partial charge on any atom is -0.458 e. The summed E-state index contributed by atoms with van der Waals surface area (Å²) < 4.78 is 40.7. The maximum absolute atomic E-state index is 12.6. The monoisotopic (exact) mass is 397 g/mol. The number of hydrogen-bond acceptors (Lipinski definition) is 5. The second-order valence-electron chi connectivity index (χ2n) is 6.21. The van der Waals surface area contributed by atoms with Crippen LogP contribution < -0.4 is 4.72 Å². The second-order valence-corrected chi connectivity index (χ2v) is 7.97. The molecule has 4 rings (SSSR count). The number of fused-ring (bicyclic) bond motifs is 1. The fourth-order valence-corrected chi connectivity index (χ4v) is 3.96. The molecule has 0 unspecified atom stereocenters. The Hall–Kier alpha value is -2.94. The molecule has 8 heteroatoms. The van der Waals surface area contributed by atoms with Gasteiger partial charge < -0.3 is 9.15 Å². The van der Waals surface area contributed by atoms with E-state index in [0.29, 0.717) is 5.76 Å². The molecule has 2 heterocycles. The number of nitrogens with one attached hydrogen (secondary N) is 1. The molecule has 0 aliphatic heterocycles. The smallest absolute Gasteiger partial charge is 0.240 e. The van der Waals surface area contributed by atoms with E-state index in [1.165, 1.54) is 7.11 Å². The fraction of sp³-hybridized carbons (Fsp3) is 0.150. The number of rotatable bonds is 7. The van der Waals surface area contributed by atoms with Gasteiger partial charge in [-0.15, -0.1) is 0 Å². The maximum atomic E-state index is 12.6. The molecule has 2 aromatic carbocycles. The van der Waals surface area contributed by atoms with Gasteiger partial charge in [-0.1, -0.05) is 18.2 Å². The third-order valence-corrected chi connectivity index (χ3v) is 5.86. The van der Waals surface area contributed by atoms with Gasteiger partial charge in [0.25, 0.3) is 0 Å². The summed E-state index contributed by atoms with van der Waals surface area (Å²) in [6, 6.07) is 17.7. The van der Waals surface area contributed by atoms with E-state index in [9.17, 15) is 8.42 Å². The number of methoxy groups -OCH3 is 1. The van der Waals surface area contributed by atoms with Crippen LogP contribution in [0.25, 0.3) is 16.7 Å². The number of furan rings is 1. The van der Waals surface area contributed by atoms with E-state index in [-0.39, 0.29) is 11.4 Å². The summed E-state index contributed by atoms with van der Waals surface area (Å²) in [6.45, 7) is 0.0551. The summed E-state index contributed by atoms with van der Waals surface area (Å²) in [7, 11) is -2.17. The van der Waals surface area contributed by atoms with E-state index in [1.54, 1.807) is 47.4 Å². The average molecular weight is 397 g/mol. The summed E-state index contributed by atoms with van der Waals surface area (Å²) in [4.78, 5) is 0.169. The molecule has 0 aliphatic rings. The van der Waals surface area contributed by atoms with Crippen LogP contribution in [0.4, 0.5) is 0 Å². The van der Waals surface area contributed by atoms with Gasteiger partial charge >= 0.3 is 0 Å². The topological polar surface area (TPSA) is 86.4 Å². The lowest BCUT2D eigenvalue weighted by Gasteiger charge is -2.14. The van der Waals surface area contributed by atoms with E-state index in [1.807, 2.05) is 30.3 Å². The Kier molecular flexibility index (Phi) is 4.99. The Morgan fingerprint density at radius 3 is 2.61 bits per heavy atom. The third-order valence-electron chi connectivity index (χ3n) is 4.42. The van der Waals surface area contributed by atoms with Crippen molar-refractivity contribution < 1.29 is 17.6 Å². The minimum absolute atomic E-state index is 0.0551. The van der Waals surface area contributed by atoms with E-state index in [2.05, 4.69) is 9.82 Å². The molecule has 144 valence electrons. The van der Waals surface area contributed by atoms with Crippen LogP contribution in [0.5, 0.6) is 0 Å². The lowest BCUT2D eigenvalue weighted by Crippen LogP contribution is -2.29. The standard InChI is InChI=1S/C20H19N3O4S/c1-26-20(19-13-15-5-2-3-6-18(15)27-19)14-22-28(24,25)17-9-7-16(8-10-17)23-12-4-11-21-23/h2-13,20,22H,14H2,1H3/t20-/m1/s1. The van der Waals surface area contributed by atoms with Gasteiger partial charge in [0.15, 0.2) is 0 Å². The highest BCUT2D eigenvalue weighted by atomic mass is 32.2. The first kappa shape index (κ1) is 18.4. The highest BCUT2D eigenvalue weighted by Crippen LogP contribution is 2.25. The van der Waals surface area contributed by atoms with Gasteiger partial charge in [0.05, 0.1) is 10.6 Å². The number of nitrogens with zero attached hydrogens (tertiary/aromatic N) is 2. The predicted octanol–water partition coefficient (Wildman–Crippen LogP) is 3.28. The van der Waals surface area contributed by atoms with E-state index < -0.39 is 16.1 Å². The first-order valence-corrected chi connectivity index (χ1v) is 10.2. The largest absolute Gasteiger partial charge is 0.458 e. The molecule has 0 aliphatic carbocycles. The van der Waals surface area contributed by atoms with Gasteiger partial charge in [0.2, 0.25) is 10.0 Å². The van der Waals surface area contributed by atoms with Crippen molar-refractivity contribution in [3.8, 4) is 5.69 Å². The molecule has 2 aromatic heterocycles. The van der Waals surface area contributed by atoms with Crippen molar-refractivity contribution in [3.63, 3.8) is 0 Å². The number of para-hydroxylation sites is 1. The molecule has 4 aromatic rings. The Bertz CT molecular complexity index is 1130. The molecule has 0 saturated heterocycles. The normalized spacial score (nSPS) is 13.0. The lowest BCUT2D eigenvalue weighted by molar-refractivity contribution is 0.0893. The molecule has 0 spiro atoms. The van der Waals surface area contributed by atoms with Gasteiger partial charge in [-0.05, 0) is 42.5 Å². The van der Waals surface area contributed by atoms with E-state index >= 15 is 0 Å². The van der Waals surface area contributed by atoms with Gasteiger partial charge in [0, 0.05) is 31.4 Å². The summed E-state index contributed by atoms with van der Waals surface area (Å²) in [5.41, 5.74) is 1.51. The van der Waals surface area contributed by atoms with Crippen LogP contribution in [0.3, 0.4) is 0 Å². The highest BCUT2D eigenvalue weighted by Gasteiger charge is 2.20. The van der Waals surface area contributed by atoms with E-state index in [0.717, 1.165) is 16.7 Å². The van der Waals surface area contributed by atoms with Crippen LogP contribution in [0.2, 0.25) is 0 Å². The first-order valence-electron chi connectivity index (χ1n) is 8.68. The SMILES string of the molecule is CO[C@H](CNS(=O)(=O)c1ccc(-n2cccn2)cc1)c1cc2ccccc2o1. The van der Waals surface area contributed by atoms with Crippen LogP contribution >= 0.6 is 0 Å². The summed E-state index contributed by atoms with van der Waals surface area (Å²) in [5, 5.41) is 5.07. The van der Waals surface area contributed by atoms with E-state index in [4.69, 9.17) is 9.15 Å². The molecule has 0 amide bonds. The van der Waals surface area contributed by atoms with Crippen LogP contribution in [-0.4, -0.2) is 31.9 Å². The molecular weight excluding hydrogens is 378 g/mol. The molecule has 0 bridgehead atoms. The molecule has 1 atom stereocenters. The molecule has 28 heavy (non-hydrogen) atoms. The van der Waals surface area contributed by atoms with Crippen molar-refractivity contribution in [1.29, 1.82) is 0 Å². The summed E-state index contributed by atoms with van der Waals surface area (Å²) in [5.74, 6) is 0.570. The second kappa shape index (κ2) is 7.59. The number of benzene rings is 2. The minimum atomic E-state index is -3.69. The zero-order valence-corrected chi connectivity index (χ0v) is 16.0. The average Bonchev–Trinajstić information content (AvgIpc) is 3.38. The van der Waals surface area contributed by atoms with Crippen molar-refractivity contribution in [2.75, 3.05) is 13.7 Å². The molecule has 1 N–H and O–H groups in total. The highest BCUT2D eigenvalue weighted by molar-refractivity contribution is 7.89. The molecular formula is C20H19N3O4S. The maximum Gasteiger partial charge on any atom is 0.240 e. The number of ether oxygens (including phenoxy) is 1. The van der Waals surface area contributed by atoms with Crippen molar-refractivity contribution in [2.24, 2.45) is 0 Å². The van der Waals surface area contributed by atoms with Gasteiger partial charge in [-0.25, -0.2) is 17.8 Å². The summed E-state index contributed by atoms with van der Waals surface area (Å²) in [6.07, 6.45) is 2.92. The zero-order chi connectivity index (χ0) is 19.6. The van der Waals surface area contributed by atoms with Crippen molar-refractivity contribution >= 4 is 21.0 Å². The Morgan fingerprint density at radius 2 is 1.93 bits per heavy atom. The predicted molar refractivity (Wildman–Crippen MR) is 105 cm³/mol. The van der Waals surface area contributed by atoms with Crippen LogP contribution in [0.15, 0.2) is 82.4 Å². The summed E-state index contributed by atoms with van der Waals surface area (Å²) >= 11 is 0. The van der Waals surface area contributed by atoms with Crippen LogP contribution in [0, 0.1) is 0 Å². The molecule has 0 radical (unpaired) electrons. The van der Waals surface area contributed by atoms with Crippen molar-refractivity contribution in [1.82, 2.24) is 14.5 Å². The van der Waals surface area contributed by atoms with Crippen LogP contribution in [-0.2, 0) is 14.8 Å².